The quantitative estimate of drug-likeness (QED) is 0.708. The van der Waals surface area contributed by atoms with Crippen molar-refractivity contribution in [1.82, 2.24) is 19.3 Å². The van der Waals surface area contributed by atoms with Crippen LogP contribution in [0, 0.1) is 6.92 Å². The number of hydrogen-bond acceptors (Lipinski definition) is 5. The van der Waals surface area contributed by atoms with E-state index in [-0.39, 0.29) is 23.6 Å². The molecule has 0 aliphatic carbocycles. The zero-order chi connectivity index (χ0) is 19.0. The van der Waals surface area contributed by atoms with Crippen molar-refractivity contribution < 1.29 is 4.52 Å². The monoisotopic (exact) mass is 366 g/mol. The van der Waals surface area contributed by atoms with Crippen molar-refractivity contribution in [3.8, 4) is 11.4 Å². The summed E-state index contributed by atoms with van der Waals surface area (Å²) in [5.74, 6) is 0.760. The molecule has 7 nitrogen and oxygen atoms in total. The molecule has 0 radical (unpaired) electrons. The largest absolute Gasteiger partial charge is 0.339 e. The van der Waals surface area contributed by atoms with E-state index < -0.39 is 0 Å². The van der Waals surface area contributed by atoms with E-state index in [1.807, 2.05) is 38.1 Å². The van der Waals surface area contributed by atoms with Gasteiger partial charge in [0.25, 0.3) is 5.56 Å². The highest BCUT2D eigenvalue weighted by molar-refractivity contribution is 5.57. The number of rotatable bonds is 4. The number of aromatic nitrogens is 4. The average molecular weight is 366 g/mol. The molecule has 0 N–H and O–H groups in total. The van der Waals surface area contributed by atoms with Crippen molar-refractivity contribution in [2.75, 3.05) is 0 Å². The second-order valence-electron chi connectivity index (χ2n) is 6.96. The molecule has 1 aliphatic heterocycles. The molecule has 0 fully saturated rings. The average Bonchev–Trinajstić information content (AvgIpc) is 3.14. The minimum atomic E-state index is -0.349. The van der Waals surface area contributed by atoms with Crippen molar-refractivity contribution in [3.63, 3.8) is 0 Å². The normalized spacial score (nSPS) is 13.6. The summed E-state index contributed by atoms with van der Waals surface area (Å²) in [4.78, 5) is 30.7. The maximum Gasteiger partial charge on any atom is 0.331 e. The van der Waals surface area contributed by atoms with Crippen LogP contribution in [0.3, 0.4) is 0 Å². The van der Waals surface area contributed by atoms with Gasteiger partial charge in [0.15, 0.2) is 0 Å². The van der Waals surface area contributed by atoms with Crippen LogP contribution in [0.25, 0.3) is 11.4 Å². The molecular weight excluding hydrogens is 344 g/mol. The van der Waals surface area contributed by atoms with Gasteiger partial charge >= 0.3 is 5.69 Å². The highest BCUT2D eigenvalue weighted by atomic mass is 16.5. The molecule has 0 unspecified atom stereocenters. The van der Waals surface area contributed by atoms with Gasteiger partial charge in [-0.2, -0.15) is 4.98 Å². The first-order valence-electron chi connectivity index (χ1n) is 9.33. The first-order chi connectivity index (χ1) is 13.1. The molecule has 140 valence electrons. The molecule has 0 saturated heterocycles. The smallest absolute Gasteiger partial charge is 0.331 e. The van der Waals surface area contributed by atoms with E-state index in [1.54, 1.807) is 4.57 Å². The van der Waals surface area contributed by atoms with Crippen molar-refractivity contribution >= 4 is 0 Å². The van der Waals surface area contributed by atoms with Gasteiger partial charge in [0.1, 0.15) is 5.56 Å². The summed E-state index contributed by atoms with van der Waals surface area (Å²) in [7, 11) is 0. The molecule has 27 heavy (non-hydrogen) atoms. The molecule has 0 spiro atoms. The number of benzene rings is 1. The Labute approximate surface area is 156 Å². The maximum atomic E-state index is 13.3. The third kappa shape index (κ3) is 3.13. The molecule has 3 heterocycles. The summed E-state index contributed by atoms with van der Waals surface area (Å²) in [6, 6.07) is 7.83. The van der Waals surface area contributed by atoms with Crippen LogP contribution in [0.1, 0.15) is 42.5 Å². The van der Waals surface area contributed by atoms with Crippen LogP contribution in [0.5, 0.6) is 0 Å². The zero-order valence-corrected chi connectivity index (χ0v) is 15.6. The molecule has 7 heteroatoms. The van der Waals surface area contributed by atoms with Gasteiger partial charge in [-0.3, -0.25) is 13.9 Å². The van der Waals surface area contributed by atoms with E-state index in [4.69, 9.17) is 4.52 Å². The van der Waals surface area contributed by atoms with Gasteiger partial charge < -0.3 is 4.52 Å². The Kier molecular flexibility index (Phi) is 4.51. The number of hydrogen-bond donors (Lipinski definition) is 0. The topological polar surface area (TPSA) is 82.9 Å². The minimum absolute atomic E-state index is 0.227. The molecule has 3 aromatic rings. The molecule has 0 saturated carbocycles. The van der Waals surface area contributed by atoms with Gasteiger partial charge in [0, 0.05) is 18.7 Å². The lowest BCUT2D eigenvalue weighted by molar-refractivity contribution is 0.382. The third-order valence-corrected chi connectivity index (χ3v) is 5.00. The molecule has 4 rings (SSSR count). The summed E-state index contributed by atoms with van der Waals surface area (Å²) < 4.78 is 8.22. The van der Waals surface area contributed by atoms with Gasteiger partial charge in [-0.1, -0.05) is 41.9 Å². The SMILES string of the molecule is CCc1nc(-c2c3n(c(=O)n(Cc4cccc(C)c4)c2=O)CCCC3)no1. The van der Waals surface area contributed by atoms with Gasteiger partial charge in [-0.15, -0.1) is 0 Å². The summed E-state index contributed by atoms with van der Waals surface area (Å²) >= 11 is 0. The predicted molar refractivity (Wildman–Crippen MR) is 101 cm³/mol. The highest BCUT2D eigenvalue weighted by Gasteiger charge is 2.25. The van der Waals surface area contributed by atoms with Gasteiger partial charge in [0.05, 0.1) is 6.54 Å². The Bertz CT molecular complexity index is 1110. The standard InChI is InChI=1S/C20H22N4O3/c1-3-16-21-18(22-27-16)17-15-9-4-5-10-23(15)20(26)24(19(17)25)12-14-8-6-7-13(2)11-14/h6-8,11H,3-5,9-10,12H2,1-2H3. The Balaban J connectivity index is 1.93. The molecule has 1 aromatic carbocycles. The number of aryl methyl sites for hydroxylation is 2. The molecule has 0 amide bonds. The lowest BCUT2D eigenvalue weighted by Crippen LogP contribution is -2.44. The lowest BCUT2D eigenvalue weighted by Gasteiger charge is -2.22. The fourth-order valence-corrected chi connectivity index (χ4v) is 3.65. The van der Waals surface area contributed by atoms with E-state index in [0.717, 1.165) is 29.7 Å². The van der Waals surface area contributed by atoms with Crippen LogP contribution < -0.4 is 11.2 Å². The number of nitrogens with zero attached hydrogens (tertiary/aromatic N) is 4. The van der Waals surface area contributed by atoms with E-state index in [2.05, 4.69) is 10.1 Å². The Hall–Kier alpha value is -2.96. The van der Waals surface area contributed by atoms with Gasteiger partial charge in [0.2, 0.25) is 11.7 Å². The highest BCUT2D eigenvalue weighted by Crippen LogP contribution is 2.22. The summed E-state index contributed by atoms with van der Waals surface area (Å²) in [6.45, 7) is 4.74. The van der Waals surface area contributed by atoms with E-state index in [1.165, 1.54) is 4.57 Å². The van der Waals surface area contributed by atoms with E-state index in [9.17, 15) is 9.59 Å². The van der Waals surface area contributed by atoms with Crippen molar-refractivity contribution in [2.45, 2.75) is 52.6 Å². The second-order valence-corrected chi connectivity index (χ2v) is 6.96. The predicted octanol–water partition coefficient (Wildman–Crippen LogP) is 2.32. The molecule has 0 atom stereocenters. The first kappa shape index (κ1) is 17.5. The van der Waals surface area contributed by atoms with Crippen LogP contribution >= 0.6 is 0 Å². The molecule has 2 aromatic heterocycles. The summed E-state index contributed by atoms with van der Waals surface area (Å²) in [5.41, 5.74) is 2.51. The van der Waals surface area contributed by atoms with E-state index >= 15 is 0 Å². The fourth-order valence-electron chi connectivity index (χ4n) is 3.65. The molecule has 1 aliphatic rings. The van der Waals surface area contributed by atoms with Gasteiger partial charge in [-0.05, 0) is 31.7 Å². The second kappa shape index (κ2) is 6.98. The van der Waals surface area contributed by atoms with Crippen molar-refractivity contribution in [1.29, 1.82) is 0 Å². The summed E-state index contributed by atoms with van der Waals surface area (Å²) in [5, 5.41) is 4.00. The lowest BCUT2D eigenvalue weighted by atomic mass is 10.0. The Morgan fingerprint density at radius 1 is 1.22 bits per heavy atom. The van der Waals surface area contributed by atoms with Crippen molar-refractivity contribution in [3.05, 3.63) is 67.8 Å². The van der Waals surface area contributed by atoms with Crippen molar-refractivity contribution in [2.24, 2.45) is 0 Å². The van der Waals surface area contributed by atoms with Crippen LogP contribution in [0.15, 0.2) is 38.4 Å². The first-order valence-corrected chi connectivity index (χ1v) is 9.33. The summed E-state index contributed by atoms with van der Waals surface area (Å²) in [6.07, 6.45) is 3.12. The minimum Gasteiger partial charge on any atom is -0.339 e. The Morgan fingerprint density at radius 2 is 2.07 bits per heavy atom. The van der Waals surface area contributed by atoms with Crippen LogP contribution in [0.2, 0.25) is 0 Å². The van der Waals surface area contributed by atoms with Gasteiger partial charge in [-0.25, -0.2) is 4.79 Å². The van der Waals surface area contributed by atoms with E-state index in [0.29, 0.717) is 30.8 Å². The van der Waals surface area contributed by atoms with Crippen LogP contribution in [-0.4, -0.2) is 19.3 Å². The third-order valence-electron chi connectivity index (χ3n) is 5.00. The molecule has 0 bridgehead atoms. The number of fused-ring (bicyclic) bond motifs is 1. The van der Waals surface area contributed by atoms with Crippen LogP contribution in [-0.2, 0) is 25.9 Å². The maximum absolute atomic E-state index is 13.3. The fraction of sp³-hybridized carbons (Fsp3) is 0.400. The molecular formula is C20H22N4O3. The zero-order valence-electron chi connectivity index (χ0n) is 15.6. The van der Waals surface area contributed by atoms with Crippen LogP contribution in [0.4, 0.5) is 0 Å². The Morgan fingerprint density at radius 3 is 2.81 bits per heavy atom.